The summed E-state index contributed by atoms with van der Waals surface area (Å²) in [5.74, 6) is 0.116. The Kier molecular flexibility index (Phi) is 4.38. The van der Waals surface area contributed by atoms with Crippen LogP contribution in [0.25, 0.3) is 0 Å². The molecule has 0 bridgehead atoms. The highest BCUT2D eigenvalue weighted by Crippen LogP contribution is 2.05. The normalized spacial score (nSPS) is 17.9. The summed E-state index contributed by atoms with van der Waals surface area (Å²) in [6.07, 6.45) is 0.900. The van der Waals surface area contributed by atoms with E-state index in [9.17, 15) is 9.59 Å². The van der Waals surface area contributed by atoms with Crippen molar-refractivity contribution in [1.82, 2.24) is 9.80 Å². The zero-order valence-corrected chi connectivity index (χ0v) is 9.92. The van der Waals surface area contributed by atoms with Crippen molar-refractivity contribution in [2.24, 2.45) is 0 Å². The van der Waals surface area contributed by atoms with Crippen LogP contribution in [0.2, 0.25) is 0 Å². The van der Waals surface area contributed by atoms with E-state index in [4.69, 9.17) is 0 Å². The van der Waals surface area contributed by atoms with Crippen molar-refractivity contribution in [2.75, 3.05) is 31.5 Å². The number of alkyl halides is 1. The van der Waals surface area contributed by atoms with Crippen LogP contribution >= 0.6 is 15.9 Å². The lowest BCUT2D eigenvalue weighted by Crippen LogP contribution is -2.54. The lowest BCUT2D eigenvalue weighted by Gasteiger charge is -2.33. The largest absolute Gasteiger partial charge is 0.332 e. The highest BCUT2D eigenvalue weighted by Gasteiger charge is 2.28. The first-order valence-electron chi connectivity index (χ1n) is 4.80. The molecule has 5 heteroatoms. The van der Waals surface area contributed by atoms with Crippen molar-refractivity contribution < 1.29 is 9.59 Å². The second kappa shape index (κ2) is 5.34. The number of carbonyl (C=O) groups is 2. The third kappa shape index (κ3) is 2.70. The van der Waals surface area contributed by atoms with Gasteiger partial charge in [-0.1, -0.05) is 22.9 Å². The molecule has 0 aromatic rings. The highest BCUT2D eigenvalue weighted by atomic mass is 79.9. The number of rotatable bonds is 4. The van der Waals surface area contributed by atoms with Gasteiger partial charge in [0.2, 0.25) is 11.8 Å². The summed E-state index contributed by atoms with van der Waals surface area (Å²) in [7, 11) is 0. The fourth-order valence-corrected chi connectivity index (χ4v) is 1.91. The molecule has 1 aliphatic rings. The first-order valence-corrected chi connectivity index (χ1v) is 5.92. The van der Waals surface area contributed by atoms with Gasteiger partial charge in [0.1, 0.15) is 0 Å². The molecule has 0 N–H and O–H groups in total. The number of nitrogens with zero attached hydrogens (tertiary/aromatic N) is 2. The van der Waals surface area contributed by atoms with Crippen molar-refractivity contribution >= 4 is 27.7 Å². The Balaban J connectivity index is 2.53. The van der Waals surface area contributed by atoms with Gasteiger partial charge in [0, 0.05) is 18.4 Å². The molecule has 4 nitrogen and oxygen atoms in total. The van der Waals surface area contributed by atoms with Gasteiger partial charge in [-0.05, 0) is 6.42 Å². The number of hydrogen-bond donors (Lipinski definition) is 0. The van der Waals surface area contributed by atoms with Gasteiger partial charge in [-0.3, -0.25) is 9.59 Å². The molecular formula is C9H15BrN2O2. The summed E-state index contributed by atoms with van der Waals surface area (Å²) in [4.78, 5) is 26.3. The van der Waals surface area contributed by atoms with Gasteiger partial charge in [-0.15, -0.1) is 0 Å². The molecule has 1 heterocycles. The van der Waals surface area contributed by atoms with Crippen LogP contribution in [0.15, 0.2) is 0 Å². The SMILES string of the molecule is CCCN1CC(=O)N(CCBr)CC1=O. The van der Waals surface area contributed by atoms with Crippen molar-refractivity contribution in [3.8, 4) is 0 Å². The maximum absolute atomic E-state index is 11.5. The third-order valence-electron chi connectivity index (χ3n) is 2.21. The zero-order chi connectivity index (χ0) is 10.6. The summed E-state index contributed by atoms with van der Waals surface area (Å²) in [6.45, 7) is 3.80. The standard InChI is InChI=1S/C9H15BrN2O2/c1-2-4-11-6-9(14)12(5-3-10)7-8(11)13/h2-7H2,1H3. The van der Waals surface area contributed by atoms with Crippen molar-refractivity contribution in [3.05, 3.63) is 0 Å². The summed E-state index contributed by atoms with van der Waals surface area (Å²) in [5.41, 5.74) is 0. The second-order valence-electron chi connectivity index (χ2n) is 3.32. The van der Waals surface area contributed by atoms with Crippen molar-refractivity contribution in [1.29, 1.82) is 0 Å². The molecule has 0 aromatic carbocycles. The molecule has 1 rings (SSSR count). The third-order valence-corrected chi connectivity index (χ3v) is 2.56. The summed E-state index contributed by atoms with van der Waals surface area (Å²) >= 11 is 3.26. The van der Waals surface area contributed by atoms with E-state index < -0.39 is 0 Å². The van der Waals surface area contributed by atoms with Crippen molar-refractivity contribution in [3.63, 3.8) is 0 Å². The molecule has 1 aliphatic heterocycles. The number of hydrogen-bond acceptors (Lipinski definition) is 2. The number of carbonyl (C=O) groups excluding carboxylic acids is 2. The van der Waals surface area contributed by atoms with Gasteiger partial charge < -0.3 is 9.80 Å². The zero-order valence-electron chi connectivity index (χ0n) is 8.33. The number of halogens is 1. The molecule has 1 saturated heterocycles. The molecule has 80 valence electrons. The van der Waals surface area contributed by atoms with Crippen LogP contribution in [-0.2, 0) is 9.59 Å². The average molecular weight is 263 g/mol. The quantitative estimate of drug-likeness (QED) is 0.691. The van der Waals surface area contributed by atoms with Crippen LogP contribution in [0.3, 0.4) is 0 Å². The smallest absolute Gasteiger partial charge is 0.242 e. The number of amides is 2. The molecule has 0 spiro atoms. The monoisotopic (exact) mass is 262 g/mol. The maximum atomic E-state index is 11.5. The van der Waals surface area contributed by atoms with Crippen LogP contribution < -0.4 is 0 Å². The van der Waals surface area contributed by atoms with E-state index in [1.807, 2.05) is 6.92 Å². The van der Waals surface area contributed by atoms with E-state index in [1.165, 1.54) is 0 Å². The first-order chi connectivity index (χ1) is 6.69. The maximum Gasteiger partial charge on any atom is 0.242 e. The Hall–Kier alpha value is -0.580. The molecule has 0 aliphatic carbocycles. The fourth-order valence-electron chi connectivity index (χ4n) is 1.48. The van der Waals surface area contributed by atoms with Gasteiger partial charge in [0.25, 0.3) is 0 Å². The minimum Gasteiger partial charge on any atom is -0.332 e. The Bertz CT molecular complexity index is 209. The summed E-state index contributed by atoms with van der Waals surface area (Å²) in [5, 5.41) is 0.722. The predicted molar refractivity (Wildman–Crippen MR) is 57.2 cm³/mol. The second-order valence-corrected chi connectivity index (χ2v) is 4.11. The fraction of sp³-hybridized carbons (Fsp3) is 0.778. The molecule has 0 unspecified atom stereocenters. The van der Waals surface area contributed by atoms with E-state index in [-0.39, 0.29) is 24.9 Å². The highest BCUT2D eigenvalue weighted by molar-refractivity contribution is 9.09. The number of piperazine rings is 1. The molecular weight excluding hydrogens is 248 g/mol. The first kappa shape index (κ1) is 11.5. The van der Waals surface area contributed by atoms with Gasteiger partial charge >= 0.3 is 0 Å². The Labute approximate surface area is 92.4 Å². The predicted octanol–water partition coefficient (Wildman–Crippen LogP) is 0.462. The Morgan fingerprint density at radius 2 is 1.64 bits per heavy atom. The van der Waals surface area contributed by atoms with Crippen LogP contribution in [0, 0.1) is 0 Å². The molecule has 0 aromatic heterocycles. The van der Waals surface area contributed by atoms with E-state index in [0.717, 1.165) is 11.8 Å². The topological polar surface area (TPSA) is 40.6 Å². The Morgan fingerprint density at radius 3 is 2.07 bits per heavy atom. The van der Waals surface area contributed by atoms with Crippen LogP contribution in [0.4, 0.5) is 0 Å². The molecule has 1 fully saturated rings. The van der Waals surface area contributed by atoms with E-state index in [0.29, 0.717) is 13.1 Å². The molecule has 14 heavy (non-hydrogen) atoms. The van der Waals surface area contributed by atoms with Gasteiger partial charge in [-0.2, -0.15) is 0 Å². The molecule has 0 saturated carbocycles. The van der Waals surface area contributed by atoms with E-state index in [1.54, 1.807) is 9.80 Å². The minimum atomic E-state index is 0.0532. The summed E-state index contributed by atoms with van der Waals surface area (Å²) in [6, 6.07) is 0. The lowest BCUT2D eigenvalue weighted by molar-refractivity contribution is -0.149. The Morgan fingerprint density at radius 1 is 1.14 bits per heavy atom. The molecule has 0 atom stereocenters. The van der Waals surface area contributed by atoms with Gasteiger partial charge in [0.05, 0.1) is 13.1 Å². The van der Waals surface area contributed by atoms with Crippen molar-refractivity contribution in [2.45, 2.75) is 13.3 Å². The van der Waals surface area contributed by atoms with E-state index >= 15 is 0 Å². The lowest BCUT2D eigenvalue weighted by atomic mass is 10.3. The minimum absolute atomic E-state index is 0.0532. The van der Waals surface area contributed by atoms with E-state index in [2.05, 4.69) is 15.9 Å². The van der Waals surface area contributed by atoms with Gasteiger partial charge in [-0.25, -0.2) is 0 Å². The average Bonchev–Trinajstić information content (AvgIpc) is 2.14. The molecule has 0 radical (unpaired) electrons. The van der Waals surface area contributed by atoms with Crippen LogP contribution in [0.1, 0.15) is 13.3 Å². The van der Waals surface area contributed by atoms with Gasteiger partial charge in [0.15, 0.2) is 0 Å². The molecule has 2 amide bonds. The van der Waals surface area contributed by atoms with Crippen LogP contribution in [-0.4, -0.2) is 53.1 Å². The van der Waals surface area contributed by atoms with Crippen LogP contribution in [0.5, 0.6) is 0 Å². The summed E-state index contributed by atoms with van der Waals surface area (Å²) < 4.78 is 0.